The third kappa shape index (κ3) is 5.57. The van der Waals surface area contributed by atoms with E-state index in [4.69, 9.17) is 4.74 Å². The monoisotopic (exact) mass is 386 g/mol. The van der Waals surface area contributed by atoms with Crippen molar-refractivity contribution in [3.8, 4) is 5.75 Å². The average molecular weight is 387 g/mol. The smallest absolute Gasteiger partial charge is 0.227 e. The number of likely N-dealkylation sites (tertiary alicyclic amines) is 1. The van der Waals surface area contributed by atoms with Crippen LogP contribution in [-0.2, 0) is 22.4 Å². The van der Waals surface area contributed by atoms with E-state index in [0.29, 0.717) is 26.1 Å². The van der Waals surface area contributed by atoms with Crippen LogP contribution in [0.25, 0.3) is 0 Å². The fourth-order valence-electron chi connectivity index (χ4n) is 3.37. The molecule has 27 heavy (non-hydrogen) atoms. The fourth-order valence-corrected chi connectivity index (χ4v) is 4.06. The molecule has 5 nitrogen and oxygen atoms in total. The summed E-state index contributed by atoms with van der Waals surface area (Å²) in [4.78, 5) is 27.7. The van der Waals surface area contributed by atoms with Crippen molar-refractivity contribution in [3.63, 3.8) is 0 Å². The predicted octanol–water partition coefficient (Wildman–Crippen LogP) is 2.90. The van der Waals surface area contributed by atoms with Gasteiger partial charge in [-0.05, 0) is 48.4 Å². The highest BCUT2D eigenvalue weighted by Gasteiger charge is 2.27. The topological polar surface area (TPSA) is 58.6 Å². The van der Waals surface area contributed by atoms with E-state index in [0.717, 1.165) is 35.5 Å². The Morgan fingerprint density at radius 1 is 1.22 bits per heavy atom. The van der Waals surface area contributed by atoms with Gasteiger partial charge in [0.05, 0.1) is 13.5 Å². The van der Waals surface area contributed by atoms with E-state index in [2.05, 4.69) is 5.32 Å². The van der Waals surface area contributed by atoms with Gasteiger partial charge in [-0.3, -0.25) is 9.59 Å². The number of amides is 2. The van der Waals surface area contributed by atoms with Crippen LogP contribution >= 0.6 is 11.3 Å². The van der Waals surface area contributed by atoms with Crippen molar-refractivity contribution in [1.82, 2.24) is 10.2 Å². The Kier molecular flexibility index (Phi) is 6.87. The Balaban J connectivity index is 1.38. The Hall–Kier alpha value is -2.34. The van der Waals surface area contributed by atoms with Gasteiger partial charge in [0.2, 0.25) is 11.8 Å². The molecule has 0 atom stereocenters. The molecule has 2 heterocycles. The van der Waals surface area contributed by atoms with Gasteiger partial charge in [0, 0.05) is 30.4 Å². The molecule has 0 radical (unpaired) electrons. The second kappa shape index (κ2) is 9.55. The van der Waals surface area contributed by atoms with Gasteiger partial charge in [-0.25, -0.2) is 0 Å². The molecule has 1 saturated heterocycles. The van der Waals surface area contributed by atoms with Crippen LogP contribution in [0, 0.1) is 5.92 Å². The minimum atomic E-state index is 0.00102. The van der Waals surface area contributed by atoms with Crippen molar-refractivity contribution in [2.75, 3.05) is 26.7 Å². The zero-order chi connectivity index (χ0) is 19.1. The molecule has 1 aliphatic heterocycles. The molecule has 1 N–H and O–H groups in total. The molecule has 1 aromatic heterocycles. The number of nitrogens with one attached hydrogen (secondary N) is 1. The van der Waals surface area contributed by atoms with Crippen molar-refractivity contribution < 1.29 is 14.3 Å². The number of thiophene rings is 1. The van der Waals surface area contributed by atoms with Crippen LogP contribution in [0.5, 0.6) is 5.75 Å². The number of hydrogen-bond acceptors (Lipinski definition) is 4. The Morgan fingerprint density at radius 3 is 2.74 bits per heavy atom. The molecule has 6 heteroatoms. The highest BCUT2D eigenvalue weighted by Crippen LogP contribution is 2.19. The van der Waals surface area contributed by atoms with E-state index in [1.807, 2.05) is 46.7 Å². The molecule has 1 aromatic carbocycles. The molecule has 1 aliphatic rings. The summed E-state index contributed by atoms with van der Waals surface area (Å²) in [5.41, 5.74) is 1.14. The van der Waals surface area contributed by atoms with Crippen LogP contribution in [0.4, 0.5) is 0 Å². The third-order valence-electron chi connectivity index (χ3n) is 4.97. The molecule has 0 bridgehead atoms. The van der Waals surface area contributed by atoms with E-state index < -0.39 is 0 Å². The molecule has 0 aliphatic carbocycles. The van der Waals surface area contributed by atoms with Crippen LogP contribution in [0.1, 0.15) is 23.3 Å². The quantitative estimate of drug-likeness (QED) is 0.796. The first-order valence-electron chi connectivity index (χ1n) is 9.36. The number of methoxy groups -OCH3 is 1. The summed E-state index contributed by atoms with van der Waals surface area (Å²) in [6.07, 6.45) is 2.72. The summed E-state index contributed by atoms with van der Waals surface area (Å²) in [5, 5.41) is 5.03. The SMILES string of the molecule is COc1cccc(CCNC(=O)C2CCN(C(=O)Cc3cccs3)CC2)c1. The molecule has 0 spiro atoms. The van der Waals surface area contributed by atoms with E-state index in [-0.39, 0.29) is 17.7 Å². The van der Waals surface area contributed by atoms with Crippen molar-refractivity contribution in [2.45, 2.75) is 25.7 Å². The van der Waals surface area contributed by atoms with E-state index in [1.165, 1.54) is 0 Å². The molecular weight excluding hydrogens is 360 g/mol. The first-order valence-corrected chi connectivity index (χ1v) is 10.2. The lowest BCUT2D eigenvalue weighted by atomic mass is 9.95. The van der Waals surface area contributed by atoms with Crippen LogP contribution in [0.15, 0.2) is 41.8 Å². The number of nitrogens with zero attached hydrogens (tertiary/aromatic N) is 1. The molecular formula is C21H26N2O3S. The van der Waals surface area contributed by atoms with Crippen molar-refractivity contribution in [1.29, 1.82) is 0 Å². The lowest BCUT2D eigenvalue weighted by Crippen LogP contribution is -2.43. The molecule has 2 amide bonds. The van der Waals surface area contributed by atoms with Gasteiger partial charge in [-0.15, -0.1) is 11.3 Å². The van der Waals surface area contributed by atoms with Crippen molar-refractivity contribution in [3.05, 3.63) is 52.2 Å². The maximum Gasteiger partial charge on any atom is 0.227 e. The standard InChI is InChI=1S/C21H26N2O3S/c1-26-18-5-2-4-16(14-18)7-10-22-21(25)17-8-11-23(12-9-17)20(24)15-19-6-3-13-27-19/h2-6,13-14,17H,7-12,15H2,1H3,(H,22,25). The van der Waals surface area contributed by atoms with Gasteiger partial charge in [0.25, 0.3) is 0 Å². The highest BCUT2D eigenvalue weighted by atomic mass is 32.1. The van der Waals surface area contributed by atoms with Gasteiger partial charge in [-0.1, -0.05) is 18.2 Å². The van der Waals surface area contributed by atoms with E-state index in [9.17, 15) is 9.59 Å². The number of benzene rings is 1. The number of carbonyl (C=O) groups excluding carboxylic acids is 2. The lowest BCUT2D eigenvalue weighted by molar-refractivity contribution is -0.135. The predicted molar refractivity (Wildman–Crippen MR) is 107 cm³/mol. The summed E-state index contributed by atoms with van der Waals surface area (Å²) >= 11 is 1.61. The van der Waals surface area contributed by atoms with Crippen molar-refractivity contribution in [2.24, 2.45) is 5.92 Å². The zero-order valence-corrected chi connectivity index (χ0v) is 16.5. The summed E-state index contributed by atoms with van der Waals surface area (Å²) in [5.74, 6) is 1.09. The zero-order valence-electron chi connectivity index (χ0n) is 15.6. The second-order valence-corrected chi connectivity index (χ2v) is 7.84. The van der Waals surface area contributed by atoms with E-state index in [1.54, 1.807) is 18.4 Å². The minimum absolute atomic E-state index is 0.00102. The normalized spacial score (nSPS) is 14.8. The minimum Gasteiger partial charge on any atom is -0.497 e. The average Bonchev–Trinajstić information content (AvgIpc) is 3.21. The molecule has 3 rings (SSSR count). The summed E-state index contributed by atoms with van der Waals surface area (Å²) in [7, 11) is 1.65. The number of piperidine rings is 1. The molecule has 144 valence electrons. The summed E-state index contributed by atoms with van der Waals surface area (Å²) in [6.45, 7) is 1.94. The van der Waals surface area contributed by atoms with E-state index >= 15 is 0 Å². The second-order valence-electron chi connectivity index (χ2n) is 6.80. The van der Waals surface area contributed by atoms with Crippen LogP contribution in [0.2, 0.25) is 0 Å². The Labute approximate surface area is 164 Å². The van der Waals surface area contributed by atoms with Crippen LogP contribution in [0.3, 0.4) is 0 Å². The molecule has 0 saturated carbocycles. The number of ether oxygens (including phenoxy) is 1. The largest absolute Gasteiger partial charge is 0.497 e. The maximum absolute atomic E-state index is 12.4. The fraction of sp³-hybridized carbons (Fsp3) is 0.429. The molecule has 1 fully saturated rings. The Morgan fingerprint density at radius 2 is 2.04 bits per heavy atom. The van der Waals surface area contributed by atoms with Gasteiger partial charge >= 0.3 is 0 Å². The Bertz CT molecular complexity index is 753. The number of rotatable bonds is 7. The molecule has 0 unspecified atom stereocenters. The van der Waals surface area contributed by atoms with Gasteiger partial charge in [0.1, 0.15) is 5.75 Å². The summed E-state index contributed by atoms with van der Waals surface area (Å²) < 4.78 is 5.22. The van der Waals surface area contributed by atoms with Gasteiger partial charge in [0.15, 0.2) is 0 Å². The van der Waals surface area contributed by atoms with Gasteiger partial charge in [-0.2, -0.15) is 0 Å². The van der Waals surface area contributed by atoms with Gasteiger partial charge < -0.3 is 15.0 Å². The van der Waals surface area contributed by atoms with Crippen LogP contribution < -0.4 is 10.1 Å². The maximum atomic E-state index is 12.4. The lowest BCUT2D eigenvalue weighted by Gasteiger charge is -2.31. The first-order chi connectivity index (χ1) is 13.2. The van der Waals surface area contributed by atoms with Crippen LogP contribution in [-0.4, -0.2) is 43.5 Å². The number of hydrogen-bond donors (Lipinski definition) is 1. The summed E-state index contributed by atoms with van der Waals surface area (Å²) in [6, 6.07) is 11.9. The highest BCUT2D eigenvalue weighted by molar-refractivity contribution is 7.10. The number of carbonyl (C=O) groups is 2. The molecule has 2 aromatic rings. The third-order valence-corrected chi connectivity index (χ3v) is 5.85. The van der Waals surface area contributed by atoms with Crippen molar-refractivity contribution >= 4 is 23.2 Å². The first kappa shape index (κ1) is 19.4.